The van der Waals surface area contributed by atoms with Crippen molar-refractivity contribution >= 4 is 5.57 Å². The highest BCUT2D eigenvalue weighted by molar-refractivity contribution is 5.63. The van der Waals surface area contributed by atoms with E-state index in [2.05, 4.69) is 59.4 Å². The average Bonchev–Trinajstić information content (AvgIpc) is 2.18. The minimum absolute atomic E-state index is 0.218. The molecule has 0 fully saturated rings. The maximum atomic E-state index is 3.99. The first-order chi connectivity index (χ1) is 7.30. The van der Waals surface area contributed by atoms with Gasteiger partial charge in [0, 0.05) is 0 Å². The Bertz CT molecular complexity index is 351. The van der Waals surface area contributed by atoms with Crippen LogP contribution in [0.1, 0.15) is 58.2 Å². The number of hydrogen-bond donors (Lipinski definition) is 0. The van der Waals surface area contributed by atoms with Gasteiger partial charge in [0.1, 0.15) is 0 Å². The molecule has 0 radical (unpaired) electrons. The van der Waals surface area contributed by atoms with Crippen LogP contribution in [0.2, 0.25) is 0 Å². The molecule has 0 spiro atoms. The molecule has 0 heteroatoms. The fourth-order valence-electron chi connectivity index (χ4n) is 1.46. The summed E-state index contributed by atoms with van der Waals surface area (Å²) >= 11 is 0. The number of hydrogen-bond acceptors (Lipinski definition) is 0. The van der Waals surface area contributed by atoms with Crippen LogP contribution in [0.15, 0.2) is 24.8 Å². The van der Waals surface area contributed by atoms with Crippen LogP contribution in [0.25, 0.3) is 5.57 Å². The SMILES string of the molecule is C=C(C)c1cc(C)cc(C(C)(C)C)c1.CC. The molecule has 0 saturated heterocycles. The van der Waals surface area contributed by atoms with Gasteiger partial charge in [-0.05, 0) is 30.4 Å². The number of benzene rings is 1. The predicted molar refractivity (Wildman–Crippen MR) is 75.9 cm³/mol. The molecule has 0 nitrogen and oxygen atoms in total. The van der Waals surface area contributed by atoms with Gasteiger partial charge in [0.25, 0.3) is 0 Å². The Morgan fingerprint density at radius 1 is 1.06 bits per heavy atom. The summed E-state index contributed by atoms with van der Waals surface area (Å²) < 4.78 is 0. The Labute approximate surface area is 101 Å². The maximum absolute atomic E-state index is 3.99. The van der Waals surface area contributed by atoms with Gasteiger partial charge in [-0.1, -0.05) is 70.5 Å². The topological polar surface area (TPSA) is 0 Å². The van der Waals surface area contributed by atoms with Crippen LogP contribution < -0.4 is 0 Å². The zero-order chi connectivity index (χ0) is 12.9. The molecular formula is C16H26. The molecule has 0 aliphatic heterocycles. The van der Waals surface area contributed by atoms with Gasteiger partial charge in [-0.15, -0.1) is 0 Å². The molecule has 1 aromatic carbocycles. The van der Waals surface area contributed by atoms with Crippen LogP contribution in [0.4, 0.5) is 0 Å². The van der Waals surface area contributed by atoms with Gasteiger partial charge in [0.05, 0.1) is 0 Å². The molecule has 0 aromatic heterocycles. The molecule has 16 heavy (non-hydrogen) atoms. The van der Waals surface area contributed by atoms with Crippen molar-refractivity contribution in [1.29, 1.82) is 0 Å². The van der Waals surface area contributed by atoms with E-state index in [4.69, 9.17) is 0 Å². The Kier molecular flexibility index (Phi) is 5.50. The first-order valence-corrected chi connectivity index (χ1v) is 6.09. The smallest absolute Gasteiger partial charge is 0.0132 e. The van der Waals surface area contributed by atoms with Crippen LogP contribution in [-0.4, -0.2) is 0 Å². The molecule has 0 amide bonds. The lowest BCUT2D eigenvalue weighted by atomic mass is 9.84. The highest BCUT2D eigenvalue weighted by Gasteiger charge is 2.14. The van der Waals surface area contributed by atoms with E-state index in [0.717, 1.165) is 5.57 Å². The van der Waals surface area contributed by atoms with Gasteiger partial charge in [0.2, 0.25) is 0 Å². The Hall–Kier alpha value is -1.04. The second-order valence-electron chi connectivity index (χ2n) is 5.12. The molecule has 0 heterocycles. The molecule has 1 aromatic rings. The summed E-state index contributed by atoms with van der Waals surface area (Å²) in [5, 5.41) is 0. The maximum Gasteiger partial charge on any atom is -0.0132 e. The van der Waals surface area contributed by atoms with Gasteiger partial charge < -0.3 is 0 Å². The number of allylic oxidation sites excluding steroid dienone is 1. The monoisotopic (exact) mass is 218 g/mol. The lowest BCUT2D eigenvalue weighted by molar-refractivity contribution is 0.589. The van der Waals surface area contributed by atoms with Gasteiger partial charge in [-0.2, -0.15) is 0 Å². The second kappa shape index (κ2) is 5.89. The van der Waals surface area contributed by atoms with Crippen LogP contribution in [0, 0.1) is 6.92 Å². The standard InChI is InChI=1S/C14H20.C2H6/c1-10(2)12-7-11(3)8-13(9-12)14(4,5)6;1-2/h7-9H,1H2,2-6H3;1-2H3. The van der Waals surface area contributed by atoms with E-state index in [1.54, 1.807) is 0 Å². The van der Waals surface area contributed by atoms with Gasteiger partial charge >= 0.3 is 0 Å². The van der Waals surface area contributed by atoms with E-state index in [0.29, 0.717) is 0 Å². The first-order valence-electron chi connectivity index (χ1n) is 6.09. The van der Waals surface area contributed by atoms with Crippen molar-refractivity contribution in [3.8, 4) is 0 Å². The molecule has 0 saturated carbocycles. The molecule has 0 bridgehead atoms. The zero-order valence-electron chi connectivity index (χ0n) is 11.9. The minimum Gasteiger partial charge on any atom is -0.0955 e. The molecule has 90 valence electrons. The summed E-state index contributed by atoms with van der Waals surface area (Å²) in [7, 11) is 0. The molecule has 0 N–H and O–H groups in total. The van der Waals surface area contributed by atoms with E-state index in [-0.39, 0.29) is 5.41 Å². The molecular weight excluding hydrogens is 192 g/mol. The number of aryl methyl sites for hydroxylation is 1. The summed E-state index contributed by atoms with van der Waals surface area (Å²) in [5.74, 6) is 0. The minimum atomic E-state index is 0.218. The fourth-order valence-corrected chi connectivity index (χ4v) is 1.46. The molecule has 0 unspecified atom stereocenters. The second-order valence-corrected chi connectivity index (χ2v) is 5.12. The van der Waals surface area contributed by atoms with E-state index < -0.39 is 0 Å². The highest BCUT2D eigenvalue weighted by Crippen LogP contribution is 2.26. The van der Waals surface area contributed by atoms with Gasteiger partial charge in [0.15, 0.2) is 0 Å². The molecule has 1 rings (SSSR count). The van der Waals surface area contributed by atoms with Crippen LogP contribution in [-0.2, 0) is 5.41 Å². The lowest BCUT2D eigenvalue weighted by Gasteiger charge is -2.20. The van der Waals surface area contributed by atoms with Crippen LogP contribution in [0.3, 0.4) is 0 Å². The fraction of sp³-hybridized carbons (Fsp3) is 0.500. The molecule has 0 atom stereocenters. The zero-order valence-corrected chi connectivity index (χ0v) is 11.9. The summed E-state index contributed by atoms with van der Waals surface area (Å²) in [6, 6.07) is 6.69. The highest BCUT2D eigenvalue weighted by atomic mass is 14.2. The van der Waals surface area contributed by atoms with Gasteiger partial charge in [-0.3, -0.25) is 0 Å². The third kappa shape index (κ3) is 4.22. The quantitative estimate of drug-likeness (QED) is 0.596. The van der Waals surface area contributed by atoms with Crippen molar-refractivity contribution in [1.82, 2.24) is 0 Å². The first kappa shape index (κ1) is 15.0. The molecule has 0 aliphatic carbocycles. The predicted octanol–water partition coefficient (Wildman–Crippen LogP) is 5.35. The van der Waals surface area contributed by atoms with Crippen molar-refractivity contribution in [2.24, 2.45) is 0 Å². The van der Waals surface area contributed by atoms with E-state index in [1.807, 2.05) is 13.8 Å². The summed E-state index contributed by atoms with van der Waals surface area (Å²) in [5.41, 5.74) is 5.32. The number of rotatable bonds is 1. The third-order valence-electron chi connectivity index (χ3n) is 2.44. The van der Waals surface area contributed by atoms with Crippen molar-refractivity contribution in [3.05, 3.63) is 41.5 Å². The largest absolute Gasteiger partial charge is 0.0955 e. The van der Waals surface area contributed by atoms with Crippen LogP contribution in [0.5, 0.6) is 0 Å². The summed E-state index contributed by atoms with van der Waals surface area (Å²) in [4.78, 5) is 0. The Morgan fingerprint density at radius 3 is 1.94 bits per heavy atom. The summed E-state index contributed by atoms with van der Waals surface area (Å²) in [6.07, 6.45) is 0. The Morgan fingerprint density at radius 2 is 1.56 bits per heavy atom. The lowest BCUT2D eigenvalue weighted by Crippen LogP contribution is -2.11. The van der Waals surface area contributed by atoms with Crippen molar-refractivity contribution in [2.45, 2.75) is 53.9 Å². The summed E-state index contributed by atoms with van der Waals surface area (Å²) in [6.45, 7) is 18.9. The Balaban J connectivity index is 0.00000106. The van der Waals surface area contributed by atoms with Crippen molar-refractivity contribution in [2.75, 3.05) is 0 Å². The van der Waals surface area contributed by atoms with E-state index >= 15 is 0 Å². The van der Waals surface area contributed by atoms with Crippen LogP contribution >= 0.6 is 0 Å². The third-order valence-corrected chi connectivity index (χ3v) is 2.44. The van der Waals surface area contributed by atoms with Gasteiger partial charge in [-0.25, -0.2) is 0 Å². The normalized spacial score (nSPS) is 10.4. The molecule has 0 aliphatic rings. The van der Waals surface area contributed by atoms with E-state index in [9.17, 15) is 0 Å². The van der Waals surface area contributed by atoms with E-state index in [1.165, 1.54) is 16.7 Å². The average molecular weight is 218 g/mol. The van der Waals surface area contributed by atoms with Crippen molar-refractivity contribution in [3.63, 3.8) is 0 Å². The van der Waals surface area contributed by atoms with Crippen molar-refractivity contribution < 1.29 is 0 Å².